The van der Waals surface area contributed by atoms with Gasteiger partial charge in [0.2, 0.25) is 0 Å². The number of nitrogens with one attached hydrogen (secondary N) is 3. The van der Waals surface area contributed by atoms with Gasteiger partial charge in [-0.1, -0.05) is 48.9 Å². The van der Waals surface area contributed by atoms with E-state index >= 15 is 0 Å². The highest BCUT2D eigenvalue weighted by Crippen LogP contribution is 2.29. The van der Waals surface area contributed by atoms with Crippen LogP contribution in [0.25, 0.3) is 0 Å². The Morgan fingerprint density at radius 1 is 0.972 bits per heavy atom. The predicted molar refractivity (Wildman–Crippen MR) is 143 cm³/mol. The number of hydrogen-bond acceptors (Lipinski definition) is 3. The number of halogens is 2. The first-order chi connectivity index (χ1) is 17.3. The highest BCUT2D eigenvalue weighted by molar-refractivity contribution is 6.31. The number of piperidine rings is 1. The number of amides is 3. The molecule has 0 spiro atoms. The topological polar surface area (TPSA) is 73.5 Å². The molecular formula is C28H30ClFN4O2. The van der Waals surface area contributed by atoms with Crippen LogP contribution in [-0.4, -0.2) is 25.0 Å². The third-order valence-electron chi connectivity index (χ3n) is 6.45. The number of hydrogen-bond donors (Lipinski definition) is 3. The lowest BCUT2D eigenvalue weighted by atomic mass is 9.97. The SMILES string of the molecule is CC1CCN(c2ccc(NC(=O)Nc3ccc(F)c(Cl)c3)cc2C(=O)NC(C)c2ccccc2)CC1. The summed E-state index contributed by atoms with van der Waals surface area (Å²) in [5, 5.41) is 8.39. The number of benzene rings is 3. The van der Waals surface area contributed by atoms with E-state index in [9.17, 15) is 14.0 Å². The first kappa shape index (κ1) is 25.5. The Bertz CT molecular complexity index is 1230. The Balaban J connectivity index is 1.55. The summed E-state index contributed by atoms with van der Waals surface area (Å²) >= 11 is 5.80. The van der Waals surface area contributed by atoms with Gasteiger partial charge < -0.3 is 20.9 Å². The fourth-order valence-corrected chi connectivity index (χ4v) is 4.47. The normalized spacial score (nSPS) is 14.7. The van der Waals surface area contributed by atoms with E-state index in [4.69, 9.17) is 11.6 Å². The lowest BCUT2D eigenvalue weighted by molar-refractivity contribution is 0.0940. The minimum absolute atomic E-state index is 0.0838. The summed E-state index contributed by atoms with van der Waals surface area (Å²) < 4.78 is 13.4. The van der Waals surface area contributed by atoms with Gasteiger partial charge in [-0.25, -0.2) is 9.18 Å². The smallest absolute Gasteiger partial charge is 0.323 e. The van der Waals surface area contributed by atoms with Gasteiger partial charge in [-0.05, 0) is 67.6 Å². The monoisotopic (exact) mass is 508 g/mol. The van der Waals surface area contributed by atoms with Crippen molar-refractivity contribution in [1.29, 1.82) is 0 Å². The second kappa shape index (κ2) is 11.4. The Kier molecular flexibility index (Phi) is 8.10. The highest BCUT2D eigenvalue weighted by atomic mass is 35.5. The van der Waals surface area contributed by atoms with Crippen LogP contribution in [0.15, 0.2) is 66.7 Å². The summed E-state index contributed by atoms with van der Waals surface area (Å²) in [6.45, 7) is 5.92. The molecule has 3 aromatic rings. The molecule has 1 aliphatic rings. The third-order valence-corrected chi connectivity index (χ3v) is 6.74. The van der Waals surface area contributed by atoms with Gasteiger partial charge in [-0.2, -0.15) is 0 Å². The fraction of sp³-hybridized carbons (Fsp3) is 0.286. The van der Waals surface area contributed by atoms with Crippen LogP contribution >= 0.6 is 11.6 Å². The minimum Gasteiger partial charge on any atom is -0.371 e. The number of urea groups is 1. The molecule has 188 valence electrons. The molecule has 36 heavy (non-hydrogen) atoms. The summed E-state index contributed by atoms with van der Waals surface area (Å²) in [5.74, 6) is -0.124. The summed E-state index contributed by atoms with van der Waals surface area (Å²) in [5.41, 5.74) is 3.16. The Labute approximate surface area is 215 Å². The van der Waals surface area contributed by atoms with Crippen molar-refractivity contribution in [3.8, 4) is 0 Å². The van der Waals surface area contributed by atoms with Crippen LogP contribution in [0.4, 0.5) is 26.2 Å². The molecule has 4 rings (SSSR count). The van der Waals surface area contributed by atoms with Gasteiger partial charge in [-0.3, -0.25) is 4.79 Å². The van der Waals surface area contributed by atoms with Crippen LogP contribution in [0.5, 0.6) is 0 Å². The third kappa shape index (κ3) is 6.34. The van der Waals surface area contributed by atoms with Gasteiger partial charge in [0.25, 0.3) is 5.91 Å². The van der Waals surface area contributed by atoms with Crippen LogP contribution in [0, 0.1) is 11.7 Å². The highest BCUT2D eigenvalue weighted by Gasteiger charge is 2.23. The van der Waals surface area contributed by atoms with Gasteiger partial charge in [0, 0.05) is 30.2 Å². The number of anilines is 3. The molecule has 1 saturated heterocycles. The Morgan fingerprint density at radius 3 is 2.28 bits per heavy atom. The minimum atomic E-state index is -0.564. The summed E-state index contributed by atoms with van der Waals surface area (Å²) in [6.07, 6.45) is 2.12. The van der Waals surface area contributed by atoms with Gasteiger partial charge in [0.05, 0.1) is 16.6 Å². The van der Waals surface area contributed by atoms with E-state index in [1.807, 2.05) is 43.3 Å². The zero-order valence-corrected chi connectivity index (χ0v) is 21.1. The standard InChI is InChI=1S/C28H30ClFN4O2/c1-18-12-14-34(15-13-18)26-11-9-21(32-28(36)33-22-8-10-25(30)24(29)17-22)16-23(26)27(35)31-19(2)20-6-4-3-5-7-20/h3-11,16-19H,12-15H2,1-2H3,(H,31,35)(H2,32,33,36). The second-order valence-corrected chi connectivity index (χ2v) is 9.62. The number of rotatable bonds is 6. The van der Waals surface area contributed by atoms with Crippen molar-refractivity contribution in [1.82, 2.24) is 5.32 Å². The molecule has 3 amide bonds. The summed E-state index contributed by atoms with van der Waals surface area (Å²) in [7, 11) is 0. The van der Waals surface area contributed by atoms with E-state index in [2.05, 4.69) is 27.8 Å². The first-order valence-electron chi connectivity index (χ1n) is 12.1. The molecule has 6 nitrogen and oxygen atoms in total. The maximum Gasteiger partial charge on any atom is 0.323 e. The van der Waals surface area contributed by atoms with E-state index < -0.39 is 11.8 Å². The van der Waals surface area contributed by atoms with Crippen molar-refractivity contribution in [2.75, 3.05) is 28.6 Å². The summed E-state index contributed by atoms with van der Waals surface area (Å²) in [4.78, 5) is 28.2. The van der Waals surface area contributed by atoms with Crippen molar-refractivity contribution in [3.05, 3.63) is 88.7 Å². The zero-order valence-electron chi connectivity index (χ0n) is 20.4. The molecule has 0 aromatic heterocycles. The number of carbonyl (C=O) groups is 2. The quantitative estimate of drug-likeness (QED) is 0.341. The summed E-state index contributed by atoms with van der Waals surface area (Å²) in [6, 6.07) is 18.3. The number of carbonyl (C=O) groups excluding carboxylic acids is 2. The van der Waals surface area contributed by atoms with E-state index in [1.54, 1.807) is 12.1 Å². The molecule has 0 bridgehead atoms. The largest absolute Gasteiger partial charge is 0.371 e. The van der Waals surface area contributed by atoms with E-state index in [-0.39, 0.29) is 17.0 Å². The van der Waals surface area contributed by atoms with Crippen molar-refractivity contribution < 1.29 is 14.0 Å². The molecule has 1 aliphatic heterocycles. The molecular weight excluding hydrogens is 479 g/mol. The average Bonchev–Trinajstić information content (AvgIpc) is 2.87. The lowest BCUT2D eigenvalue weighted by Gasteiger charge is -2.33. The molecule has 3 aromatic carbocycles. The molecule has 3 N–H and O–H groups in total. The van der Waals surface area contributed by atoms with Crippen molar-refractivity contribution in [2.45, 2.75) is 32.7 Å². The van der Waals surface area contributed by atoms with E-state index in [0.29, 0.717) is 22.9 Å². The Hall–Kier alpha value is -3.58. The Morgan fingerprint density at radius 2 is 1.61 bits per heavy atom. The van der Waals surface area contributed by atoms with Crippen LogP contribution in [0.3, 0.4) is 0 Å². The second-order valence-electron chi connectivity index (χ2n) is 9.22. The molecule has 1 heterocycles. The van der Waals surface area contributed by atoms with Crippen molar-refractivity contribution >= 4 is 40.6 Å². The maximum absolute atomic E-state index is 13.4. The molecule has 0 radical (unpaired) electrons. The molecule has 0 saturated carbocycles. The van der Waals surface area contributed by atoms with Crippen LogP contribution < -0.4 is 20.9 Å². The van der Waals surface area contributed by atoms with Gasteiger partial charge >= 0.3 is 6.03 Å². The van der Waals surface area contributed by atoms with Gasteiger partial charge in [0.15, 0.2) is 0 Å². The van der Waals surface area contributed by atoms with E-state index in [0.717, 1.165) is 37.2 Å². The molecule has 1 atom stereocenters. The predicted octanol–water partition coefficient (Wildman–Crippen LogP) is 6.85. The van der Waals surface area contributed by atoms with Gasteiger partial charge in [-0.15, -0.1) is 0 Å². The lowest BCUT2D eigenvalue weighted by Crippen LogP contribution is -2.35. The zero-order chi connectivity index (χ0) is 25.7. The van der Waals surface area contributed by atoms with Crippen molar-refractivity contribution in [2.24, 2.45) is 5.92 Å². The molecule has 8 heteroatoms. The molecule has 1 fully saturated rings. The molecule has 0 aliphatic carbocycles. The average molecular weight is 509 g/mol. The van der Waals surface area contributed by atoms with E-state index in [1.165, 1.54) is 18.2 Å². The van der Waals surface area contributed by atoms with Crippen molar-refractivity contribution in [3.63, 3.8) is 0 Å². The van der Waals surface area contributed by atoms with Gasteiger partial charge in [0.1, 0.15) is 5.82 Å². The van der Waals surface area contributed by atoms with Crippen LogP contribution in [-0.2, 0) is 0 Å². The van der Waals surface area contributed by atoms with Crippen LogP contribution in [0.1, 0.15) is 48.7 Å². The fourth-order valence-electron chi connectivity index (χ4n) is 4.29. The number of nitrogens with zero attached hydrogens (tertiary/aromatic N) is 1. The van der Waals surface area contributed by atoms with Crippen LogP contribution in [0.2, 0.25) is 5.02 Å². The molecule has 1 unspecified atom stereocenters. The maximum atomic E-state index is 13.4. The first-order valence-corrected chi connectivity index (χ1v) is 12.5.